The number of hydrogen-bond acceptors (Lipinski definition) is 5. The number of carbonyl (C=O) groups excluding carboxylic acids is 3. The van der Waals surface area contributed by atoms with Gasteiger partial charge in [-0.05, 0) is 57.4 Å². The van der Waals surface area contributed by atoms with Gasteiger partial charge in [0, 0.05) is 19.0 Å². The molecule has 4 aliphatic rings. The van der Waals surface area contributed by atoms with Crippen LogP contribution in [0.2, 0.25) is 0 Å². The van der Waals surface area contributed by atoms with E-state index in [9.17, 15) is 19.6 Å². The van der Waals surface area contributed by atoms with Crippen LogP contribution in [-0.2, 0) is 14.4 Å². The van der Waals surface area contributed by atoms with E-state index >= 15 is 0 Å². The molecule has 3 amide bonds. The predicted octanol–water partition coefficient (Wildman–Crippen LogP) is 0.434. The topological polar surface area (TPSA) is 114 Å². The number of likely N-dealkylation sites (tertiary alicyclic amines) is 1. The van der Waals surface area contributed by atoms with E-state index in [0.717, 1.165) is 45.1 Å². The van der Waals surface area contributed by atoms with Gasteiger partial charge in [0.15, 0.2) is 0 Å². The molecule has 0 aromatic carbocycles. The number of hydrogen-bond donors (Lipinski definition) is 3. The highest BCUT2D eigenvalue weighted by Gasteiger charge is 2.50. The largest absolute Gasteiger partial charge is 0.356 e. The van der Waals surface area contributed by atoms with Gasteiger partial charge < -0.3 is 20.9 Å². The summed E-state index contributed by atoms with van der Waals surface area (Å²) in [6, 6.07) is 0.903. The second kappa shape index (κ2) is 8.31. The van der Waals surface area contributed by atoms with Gasteiger partial charge in [-0.15, -0.1) is 0 Å². The highest BCUT2D eigenvalue weighted by atomic mass is 16.2. The lowest BCUT2D eigenvalue weighted by atomic mass is 9.87. The molecule has 0 aromatic rings. The molecule has 4 unspecified atom stereocenters. The Morgan fingerprint density at radius 3 is 2.66 bits per heavy atom. The average Bonchev–Trinajstić information content (AvgIpc) is 3.40. The summed E-state index contributed by atoms with van der Waals surface area (Å²) >= 11 is 0. The van der Waals surface area contributed by atoms with Gasteiger partial charge >= 0.3 is 0 Å². The molecule has 0 aromatic heterocycles. The maximum atomic E-state index is 13.3. The summed E-state index contributed by atoms with van der Waals surface area (Å²) < 4.78 is 0. The minimum atomic E-state index is -0.711. The Labute approximate surface area is 171 Å². The quantitative estimate of drug-likeness (QED) is 0.573. The first-order valence-corrected chi connectivity index (χ1v) is 11.1. The fraction of sp³-hybridized carbons (Fsp3) is 0.810. The van der Waals surface area contributed by atoms with Crippen molar-refractivity contribution >= 4 is 17.7 Å². The van der Waals surface area contributed by atoms with E-state index in [0.29, 0.717) is 38.3 Å². The number of carbonyl (C=O) groups is 3. The Kier molecular flexibility index (Phi) is 5.77. The first-order chi connectivity index (χ1) is 14.0. The van der Waals surface area contributed by atoms with Crippen molar-refractivity contribution in [3.63, 3.8) is 0 Å². The zero-order chi connectivity index (χ0) is 20.4. The molecule has 8 heteroatoms. The molecular formula is C21H31N5O3. The van der Waals surface area contributed by atoms with Gasteiger partial charge in [0.1, 0.15) is 12.1 Å². The number of rotatable bonds is 7. The minimum Gasteiger partial charge on any atom is -0.356 e. The third-order valence-corrected chi connectivity index (χ3v) is 7.03. The molecule has 3 heterocycles. The van der Waals surface area contributed by atoms with Crippen LogP contribution >= 0.6 is 0 Å². The number of nitrogens with one attached hydrogen (secondary N) is 3. The van der Waals surface area contributed by atoms with Gasteiger partial charge in [-0.1, -0.05) is 12.8 Å². The highest BCUT2D eigenvalue weighted by molar-refractivity contribution is 5.94. The first kappa shape index (κ1) is 20.1. The zero-order valence-electron chi connectivity index (χ0n) is 16.9. The normalized spacial score (nSPS) is 31.4. The van der Waals surface area contributed by atoms with Crippen molar-refractivity contribution < 1.29 is 14.4 Å². The summed E-state index contributed by atoms with van der Waals surface area (Å²) in [7, 11) is 0. The summed E-state index contributed by atoms with van der Waals surface area (Å²) in [6.45, 7) is 2.05. The second-order valence-corrected chi connectivity index (χ2v) is 9.11. The van der Waals surface area contributed by atoms with Crippen LogP contribution in [0.4, 0.5) is 0 Å². The van der Waals surface area contributed by atoms with Gasteiger partial charge in [0.25, 0.3) is 0 Å². The molecule has 1 saturated carbocycles. The third kappa shape index (κ3) is 4.25. The van der Waals surface area contributed by atoms with Crippen LogP contribution in [0.3, 0.4) is 0 Å². The molecule has 4 fully saturated rings. The lowest BCUT2D eigenvalue weighted by Gasteiger charge is -2.35. The maximum Gasteiger partial charge on any atom is 0.243 e. The summed E-state index contributed by atoms with van der Waals surface area (Å²) in [5.74, 6) is -0.000623. The molecule has 8 nitrogen and oxygen atoms in total. The fourth-order valence-corrected chi connectivity index (χ4v) is 5.07. The molecule has 1 aliphatic carbocycles. The van der Waals surface area contributed by atoms with Crippen LogP contribution in [0.5, 0.6) is 0 Å². The van der Waals surface area contributed by atoms with Crippen molar-refractivity contribution in [2.45, 2.75) is 75.4 Å². The second-order valence-electron chi connectivity index (χ2n) is 9.11. The number of piperidine rings is 1. The van der Waals surface area contributed by atoms with E-state index in [-0.39, 0.29) is 23.6 Å². The first-order valence-electron chi connectivity index (χ1n) is 11.1. The molecule has 158 valence electrons. The van der Waals surface area contributed by atoms with Crippen molar-refractivity contribution in [1.29, 1.82) is 5.26 Å². The molecule has 4 rings (SSSR count). The smallest absolute Gasteiger partial charge is 0.243 e. The van der Waals surface area contributed by atoms with Crippen LogP contribution in [0.1, 0.15) is 57.8 Å². The van der Waals surface area contributed by atoms with Gasteiger partial charge in [-0.2, -0.15) is 5.26 Å². The molecule has 1 spiro atoms. The molecule has 0 bridgehead atoms. The predicted molar refractivity (Wildman–Crippen MR) is 105 cm³/mol. The summed E-state index contributed by atoms with van der Waals surface area (Å²) in [5.41, 5.74) is -0.503. The van der Waals surface area contributed by atoms with Crippen LogP contribution in [-0.4, -0.2) is 59.9 Å². The van der Waals surface area contributed by atoms with Crippen molar-refractivity contribution in [2.75, 3.05) is 19.6 Å². The zero-order valence-corrected chi connectivity index (χ0v) is 16.9. The Hall–Kier alpha value is -2.14. The number of amides is 3. The Bertz CT molecular complexity index is 708. The third-order valence-electron chi connectivity index (χ3n) is 7.03. The van der Waals surface area contributed by atoms with E-state index in [2.05, 4.69) is 22.0 Å². The molecule has 29 heavy (non-hydrogen) atoms. The van der Waals surface area contributed by atoms with Gasteiger partial charge in [0.05, 0.1) is 11.6 Å². The molecule has 3 saturated heterocycles. The summed E-state index contributed by atoms with van der Waals surface area (Å²) in [6.07, 6.45) is 7.56. The molecule has 3 aliphatic heterocycles. The Balaban J connectivity index is 1.43. The van der Waals surface area contributed by atoms with Crippen molar-refractivity contribution in [1.82, 2.24) is 20.9 Å². The monoisotopic (exact) mass is 401 g/mol. The van der Waals surface area contributed by atoms with Gasteiger partial charge in [-0.25, -0.2) is 0 Å². The molecule has 3 N–H and O–H groups in total. The SMILES string of the molecule is N#CC(CC1CCNC1=O)NC(=O)C(CC1CC1)N1CCC2(CCCCN2)C1=O. The molecule has 0 radical (unpaired) electrons. The molecular weight excluding hydrogens is 370 g/mol. The summed E-state index contributed by atoms with van der Waals surface area (Å²) in [5, 5.41) is 18.6. The van der Waals surface area contributed by atoms with Crippen LogP contribution in [0.15, 0.2) is 0 Å². The lowest BCUT2D eigenvalue weighted by Crippen LogP contribution is -2.57. The van der Waals surface area contributed by atoms with Crippen LogP contribution in [0.25, 0.3) is 0 Å². The summed E-state index contributed by atoms with van der Waals surface area (Å²) in [4.78, 5) is 40.0. The van der Waals surface area contributed by atoms with E-state index in [4.69, 9.17) is 0 Å². The van der Waals surface area contributed by atoms with Crippen LogP contribution in [0, 0.1) is 23.2 Å². The van der Waals surface area contributed by atoms with E-state index < -0.39 is 17.6 Å². The van der Waals surface area contributed by atoms with Crippen LogP contribution < -0.4 is 16.0 Å². The number of nitrogens with zero attached hydrogens (tertiary/aromatic N) is 2. The van der Waals surface area contributed by atoms with E-state index in [1.54, 1.807) is 4.90 Å². The van der Waals surface area contributed by atoms with Gasteiger partial charge in [-0.3, -0.25) is 14.4 Å². The maximum absolute atomic E-state index is 13.3. The molecule has 4 atom stereocenters. The van der Waals surface area contributed by atoms with E-state index in [1.165, 1.54) is 0 Å². The van der Waals surface area contributed by atoms with Crippen molar-refractivity contribution in [3.05, 3.63) is 0 Å². The average molecular weight is 402 g/mol. The fourth-order valence-electron chi connectivity index (χ4n) is 5.07. The Morgan fingerprint density at radius 2 is 2.03 bits per heavy atom. The highest BCUT2D eigenvalue weighted by Crippen LogP contribution is 2.38. The standard InChI is InChI=1S/C21H31N5O3/c22-13-16(12-15-5-9-23-18(15)27)25-19(28)17(11-14-3-4-14)26-10-7-21(20(26)29)6-1-2-8-24-21/h14-17,24H,1-12H2,(H,23,27)(H,25,28). The Morgan fingerprint density at radius 1 is 1.21 bits per heavy atom. The minimum absolute atomic E-state index is 0.0432. The number of nitriles is 1. The lowest BCUT2D eigenvalue weighted by molar-refractivity contribution is -0.142. The van der Waals surface area contributed by atoms with Gasteiger partial charge in [0.2, 0.25) is 17.7 Å². The van der Waals surface area contributed by atoms with E-state index in [1.807, 2.05) is 0 Å². The van der Waals surface area contributed by atoms with Crippen molar-refractivity contribution in [3.8, 4) is 6.07 Å². The van der Waals surface area contributed by atoms with Crippen molar-refractivity contribution in [2.24, 2.45) is 11.8 Å².